The molecule has 6 heteroatoms. The zero-order valence-corrected chi connectivity index (χ0v) is 11.8. The third kappa shape index (κ3) is 4.16. The molecule has 0 bridgehead atoms. The van der Waals surface area contributed by atoms with Gasteiger partial charge >= 0.3 is 0 Å². The average Bonchev–Trinajstić information content (AvgIpc) is 2.99. The molecule has 0 spiro atoms. The summed E-state index contributed by atoms with van der Waals surface area (Å²) in [4.78, 5) is 12.2. The van der Waals surface area contributed by atoms with Gasteiger partial charge in [0.1, 0.15) is 0 Å². The molecule has 0 aliphatic rings. The number of rotatable bonds is 4. The molecule has 0 aliphatic carbocycles. The maximum atomic E-state index is 12.2. The summed E-state index contributed by atoms with van der Waals surface area (Å²) >= 11 is 0. The second-order valence-corrected chi connectivity index (χ2v) is 4.46. The summed E-state index contributed by atoms with van der Waals surface area (Å²) in [7, 11) is 0. The van der Waals surface area contributed by atoms with Crippen LogP contribution in [0.3, 0.4) is 0 Å². The van der Waals surface area contributed by atoms with Crippen molar-refractivity contribution in [2.45, 2.75) is 13.5 Å². The molecule has 1 heterocycles. The molecule has 2 aromatic rings. The number of nitrogens with zero attached hydrogens (tertiary/aromatic N) is 3. The molecule has 0 radical (unpaired) electrons. The maximum Gasteiger partial charge on any atom is 0.251 e. The first-order valence-electron chi connectivity index (χ1n) is 6.62. The van der Waals surface area contributed by atoms with Crippen LogP contribution in [0.5, 0.6) is 0 Å². The van der Waals surface area contributed by atoms with Crippen molar-refractivity contribution in [3.05, 3.63) is 47.3 Å². The summed E-state index contributed by atoms with van der Waals surface area (Å²) < 4.78 is 1.66. The summed E-state index contributed by atoms with van der Waals surface area (Å²) in [5, 5.41) is 10.4. The van der Waals surface area contributed by atoms with Gasteiger partial charge in [0, 0.05) is 23.9 Å². The largest absolute Gasteiger partial charge is 0.350 e. The first kappa shape index (κ1) is 14.8. The van der Waals surface area contributed by atoms with Crippen LogP contribution in [0.15, 0.2) is 30.6 Å². The molecule has 0 fully saturated rings. The van der Waals surface area contributed by atoms with Crippen LogP contribution >= 0.6 is 0 Å². The van der Waals surface area contributed by atoms with Gasteiger partial charge in [0.15, 0.2) is 0 Å². The van der Waals surface area contributed by atoms with E-state index in [1.54, 1.807) is 23.1 Å². The highest BCUT2D eigenvalue weighted by molar-refractivity contribution is 5.96. The minimum atomic E-state index is -0.121. The lowest BCUT2D eigenvalue weighted by molar-refractivity contribution is 0.0951. The molecule has 1 amide bonds. The fourth-order valence-electron chi connectivity index (χ4n) is 1.83. The molecule has 1 aromatic heterocycles. The zero-order valence-electron chi connectivity index (χ0n) is 11.8. The molecule has 6 nitrogen and oxygen atoms in total. The summed E-state index contributed by atoms with van der Waals surface area (Å²) in [5.74, 6) is 5.59. The van der Waals surface area contributed by atoms with Crippen molar-refractivity contribution >= 4 is 5.91 Å². The molecule has 0 saturated carbocycles. The predicted molar refractivity (Wildman–Crippen MR) is 79.5 cm³/mol. The molecule has 2 rings (SSSR count). The smallest absolute Gasteiger partial charge is 0.251 e. The fraction of sp³-hybridized carbons (Fsp3) is 0.267. The third-order valence-electron chi connectivity index (χ3n) is 2.92. The molecule has 21 heavy (non-hydrogen) atoms. The Balaban J connectivity index is 2.00. The third-order valence-corrected chi connectivity index (χ3v) is 2.92. The van der Waals surface area contributed by atoms with Crippen LogP contribution in [-0.4, -0.2) is 34.0 Å². The van der Waals surface area contributed by atoms with Gasteiger partial charge in [-0.05, 0) is 24.6 Å². The Morgan fingerprint density at radius 2 is 2.33 bits per heavy atom. The quantitative estimate of drug-likeness (QED) is 0.792. The molecule has 0 atom stereocenters. The van der Waals surface area contributed by atoms with E-state index in [0.29, 0.717) is 25.2 Å². The number of nitrogens with two attached hydrogens (primary N) is 1. The van der Waals surface area contributed by atoms with Crippen LogP contribution in [0, 0.1) is 18.8 Å². The van der Waals surface area contributed by atoms with E-state index in [4.69, 9.17) is 5.73 Å². The SMILES string of the molecule is Cc1ccc(C#CCN)cc1C(=O)NCCn1ccnn1. The van der Waals surface area contributed by atoms with E-state index in [-0.39, 0.29) is 5.91 Å². The van der Waals surface area contributed by atoms with E-state index in [1.807, 2.05) is 19.1 Å². The summed E-state index contributed by atoms with van der Waals surface area (Å²) in [5.41, 5.74) is 7.67. The first-order valence-corrected chi connectivity index (χ1v) is 6.62. The fourth-order valence-corrected chi connectivity index (χ4v) is 1.83. The number of benzene rings is 1. The number of aryl methyl sites for hydroxylation is 1. The lowest BCUT2D eigenvalue weighted by Crippen LogP contribution is -2.28. The summed E-state index contributed by atoms with van der Waals surface area (Å²) in [6, 6.07) is 5.54. The Morgan fingerprint density at radius 1 is 1.48 bits per heavy atom. The molecular weight excluding hydrogens is 266 g/mol. The van der Waals surface area contributed by atoms with Crippen molar-refractivity contribution in [3.63, 3.8) is 0 Å². The van der Waals surface area contributed by atoms with Crippen molar-refractivity contribution in [1.82, 2.24) is 20.3 Å². The Morgan fingerprint density at radius 3 is 3.05 bits per heavy atom. The average molecular weight is 283 g/mol. The van der Waals surface area contributed by atoms with Crippen molar-refractivity contribution in [2.24, 2.45) is 5.73 Å². The van der Waals surface area contributed by atoms with Gasteiger partial charge in [-0.2, -0.15) is 0 Å². The van der Waals surface area contributed by atoms with Crippen LogP contribution in [0.4, 0.5) is 0 Å². The minimum Gasteiger partial charge on any atom is -0.350 e. The molecular formula is C15H17N5O. The van der Waals surface area contributed by atoms with Gasteiger partial charge in [0.25, 0.3) is 5.91 Å². The number of amides is 1. The topological polar surface area (TPSA) is 85.8 Å². The summed E-state index contributed by atoms with van der Waals surface area (Å²) in [6.45, 7) is 3.26. The van der Waals surface area contributed by atoms with Crippen LogP contribution in [-0.2, 0) is 6.54 Å². The van der Waals surface area contributed by atoms with Crippen LogP contribution < -0.4 is 11.1 Å². The number of aromatic nitrogens is 3. The van der Waals surface area contributed by atoms with E-state index in [1.165, 1.54) is 0 Å². The normalized spacial score (nSPS) is 9.81. The van der Waals surface area contributed by atoms with Gasteiger partial charge in [0.2, 0.25) is 0 Å². The van der Waals surface area contributed by atoms with Gasteiger partial charge in [-0.1, -0.05) is 23.1 Å². The molecule has 3 N–H and O–H groups in total. The number of hydrogen-bond donors (Lipinski definition) is 2. The Hall–Kier alpha value is -2.65. The number of hydrogen-bond acceptors (Lipinski definition) is 4. The molecule has 0 saturated heterocycles. The number of nitrogens with one attached hydrogen (secondary N) is 1. The second kappa shape index (κ2) is 7.22. The maximum absolute atomic E-state index is 12.2. The van der Waals surface area contributed by atoms with E-state index >= 15 is 0 Å². The first-order chi connectivity index (χ1) is 10.2. The van der Waals surface area contributed by atoms with E-state index in [0.717, 1.165) is 11.1 Å². The van der Waals surface area contributed by atoms with Crippen LogP contribution in [0.25, 0.3) is 0 Å². The Bertz CT molecular complexity index is 667. The highest BCUT2D eigenvalue weighted by atomic mass is 16.1. The number of carbonyl (C=O) groups is 1. The van der Waals surface area contributed by atoms with E-state index in [2.05, 4.69) is 27.5 Å². The van der Waals surface area contributed by atoms with Crippen molar-refractivity contribution < 1.29 is 4.79 Å². The monoisotopic (exact) mass is 283 g/mol. The standard InChI is InChI=1S/C15H17N5O/c1-12-4-5-13(3-2-6-16)11-14(12)15(21)17-7-9-20-10-8-18-19-20/h4-5,8,10-11H,6-7,9,16H2,1H3,(H,17,21). The minimum absolute atomic E-state index is 0.121. The van der Waals surface area contributed by atoms with Gasteiger partial charge in [0.05, 0.1) is 19.3 Å². The predicted octanol–water partition coefficient (Wildman–Crippen LogP) is 0.327. The second-order valence-electron chi connectivity index (χ2n) is 4.46. The van der Waals surface area contributed by atoms with Gasteiger partial charge < -0.3 is 11.1 Å². The molecule has 108 valence electrons. The molecule has 0 unspecified atom stereocenters. The lowest BCUT2D eigenvalue weighted by atomic mass is 10.0. The van der Waals surface area contributed by atoms with Crippen molar-refractivity contribution in [1.29, 1.82) is 0 Å². The summed E-state index contributed by atoms with van der Waals surface area (Å²) in [6.07, 6.45) is 3.35. The van der Waals surface area contributed by atoms with Crippen LogP contribution in [0.2, 0.25) is 0 Å². The zero-order chi connectivity index (χ0) is 15.1. The van der Waals surface area contributed by atoms with Crippen LogP contribution in [0.1, 0.15) is 21.5 Å². The molecule has 1 aromatic carbocycles. The van der Waals surface area contributed by atoms with Gasteiger partial charge in [-0.25, -0.2) is 0 Å². The molecule has 0 aliphatic heterocycles. The Kier molecular flexibility index (Phi) is 5.07. The highest BCUT2D eigenvalue weighted by Gasteiger charge is 2.09. The van der Waals surface area contributed by atoms with Crippen molar-refractivity contribution in [2.75, 3.05) is 13.1 Å². The lowest BCUT2D eigenvalue weighted by Gasteiger charge is -2.08. The van der Waals surface area contributed by atoms with Gasteiger partial charge in [-0.3, -0.25) is 9.48 Å². The van der Waals surface area contributed by atoms with E-state index in [9.17, 15) is 4.79 Å². The van der Waals surface area contributed by atoms with E-state index < -0.39 is 0 Å². The van der Waals surface area contributed by atoms with Gasteiger partial charge in [-0.15, -0.1) is 5.10 Å². The van der Waals surface area contributed by atoms with Crippen molar-refractivity contribution in [3.8, 4) is 11.8 Å². The number of carbonyl (C=O) groups excluding carboxylic acids is 1. The Labute approximate surface area is 123 Å². The highest BCUT2D eigenvalue weighted by Crippen LogP contribution is 2.10.